The Morgan fingerprint density at radius 2 is 1.24 bits per heavy atom. The van der Waals surface area contributed by atoms with Gasteiger partial charge in [-0.25, -0.2) is 16.8 Å². The highest BCUT2D eigenvalue weighted by atomic mass is 32.2. The van der Waals surface area contributed by atoms with E-state index in [2.05, 4.69) is 14.8 Å². The lowest BCUT2D eigenvalue weighted by molar-refractivity contribution is 0.102. The van der Waals surface area contributed by atoms with Gasteiger partial charge in [0.15, 0.2) is 0 Å². The number of amides is 1. The maximum Gasteiger partial charge on any atom is 0.262 e. The Bertz CT molecular complexity index is 1960. The summed E-state index contributed by atoms with van der Waals surface area (Å²) >= 11 is 0. The Morgan fingerprint density at radius 3 is 1.80 bits per heavy atom. The van der Waals surface area contributed by atoms with Gasteiger partial charge in [0.1, 0.15) is 11.5 Å². The summed E-state index contributed by atoms with van der Waals surface area (Å²) < 4.78 is 74.7. The number of carbonyl (C=O) groups is 1. The number of hydrogen-bond acceptors (Lipinski definition) is 9. The van der Waals surface area contributed by atoms with Crippen LogP contribution < -0.4 is 29.1 Å². The second-order valence-electron chi connectivity index (χ2n) is 10.3. The molecule has 46 heavy (non-hydrogen) atoms. The third kappa shape index (κ3) is 7.19. The molecular formula is C32H34N4O8S2. The summed E-state index contributed by atoms with van der Waals surface area (Å²) in [5, 5.41) is 2.84. The number of aryl methyl sites for hydroxylation is 1. The SMILES string of the molecule is COc1ccccc1NS(=O)(=O)c1ccc(N2CCOCC2)c(NC(=O)c2cc(S(=O)(=O)Nc3ccccc3OC)ccc2C)c1. The number of ether oxygens (including phenoxy) is 3. The van der Waals surface area contributed by atoms with E-state index >= 15 is 0 Å². The first kappa shape index (κ1) is 32.6. The molecule has 242 valence electrons. The number of nitrogens with one attached hydrogen (secondary N) is 3. The van der Waals surface area contributed by atoms with Crippen LogP contribution in [0, 0.1) is 6.92 Å². The van der Waals surface area contributed by atoms with Crippen molar-refractivity contribution in [1.82, 2.24) is 0 Å². The van der Waals surface area contributed by atoms with Crippen LogP contribution in [0.15, 0.2) is 94.7 Å². The molecule has 0 radical (unpaired) electrons. The van der Waals surface area contributed by atoms with E-state index in [1.54, 1.807) is 61.5 Å². The van der Waals surface area contributed by atoms with E-state index in [9.17, 15) is 21.6 Å². The molecule has 1 fully saturated rings. The highest BCUT2D eigenvalue weighted by Gasteiger charge is 2.24. The molecule has 1 aliphatic heterocycles. The van der Waals surface area contributed by atoms with Crippen molar-refractivity contribution >= 4 is 48.7 Å². The van der Waals surface area contributed by atoms with Crippen molar-refractivity contribution in [3.63, 3.8) is 0 Å². The van der Waals surface area contributed by atoms with E-state index in [4.69, 9.17) is 14.2 Å². The van der Waals surface area contributed by atoms with Crippen LogP contribution in [0.4, 0.5) is 22.7 Å². The summed E-state index contributed by atoms with van der Waals surface area (Å²) in [7, 11) is -5.35. The van der Waals surface area contributed by atoms with Crippen molar-refractivity contribution in [2.45, 2.75) is 16.7 Å². The molecule has 0 spiro atoms. The van der Waals surface area contributed by atoms with Gasteiger partial charge in [-0.3, -0.25) is 14.2 Å². The lowest BCUT2D eigenvalue weighted by atomic mass is 10.1. The lowest BCUT2D eigenvalue weighted by Crippen LogP contribution is -2.36. The van der Waals surface area contributed by atoms with Gasteiger partial charge in [0.25, 0.3) is 26.0 Å². The van der Waals surface area contributed by atoms with Gasteiger partial charge in [0.05, 0.1) is 60.0 Å². The van der Waals surface area contributed by atoms with Gasteiger partial charge in [0, 0.05) is 18.7 Å². The molecule has 0 bridgehead atoms. The number of methoxy groups -OCH3 is 2. The standard InChI is InChI=1S/C32H34N4O8S2/c1-22-12-13-23(45(38,39)34-26-8-4-6-10-30(26)42-2)20-25(22)32(37)33-28-21-24(14-15-29(28)36-16-18-44-19-17-36)46(40,41)35-27-9-5-7-11-31(27)43-3/h4-15,20-21,34-35H,16-19H2,1-3H3,(H,33,37). The van der Waals surface area contributed by atoms with E-state index in [1.807, 2.05) is 4.90 Å². The van der Waals surface area contributed by atoms with E-state index in [0.29, 0.717) is 49.1 Å². The van der Waals surface area contributed by atoms with Gasteiger partial charge in [-0.2, -0.15) is 0 Å². The van der Waals surface area contributed by atoms with Gasteiger partial charge >= 0.3 is 0 Å². The van der Waals surface area contributed by atoms with Crippen molar-refractivity contribution in [1.29, 1.82) is 0 Å². The second-order valence-corrected chi connectivity index (χ2v) is 13.7. The summed E-state index contributed by atoms with van der Waals surface area (Å²) in [5.74, 6) is 0.0606. The normalized spacial score (nSPS) is 13.5. The van der Waals surface area contributed by atoms with Crippen molar-refractivity contribution in [3.8, 4) is 11.5 Å². The number of sulfonamides is 2. The Kier molecular flexibility index (Phi) is 9.70. The molecule has 4 aromatic rings. The summed E-state index contributed by atoms with van der Waals surface area (Å²) in [6, 6.07) is 21.9. The molecule has 1 heterocycles. The Morgan fingerprint density at radius 1 is 0.717 bits per heavy atom. The van der Waals surface area contributed by atoms with Gasteiger partial charge in [-0.05, 0) is 67.1 Å². The molecule has 0 aromatic heterocycles. The molecule has 0 unspecified atom stereocenters. The number of nitrogens with zero attached hydrogens (tertiary/aromatic N) is 1. The molecule has 5 rings (SSSR count). The third-order valence-corrected chi connectivity index (χ3v) is 10.1. The summed E-state index contributed by atoms with van der Waals surface area (Å²) in [6.07, 6.45) is 0. The second kappa shape index (κ2) is 13.7. The van der Waals surface area contributed by atoms with Crippen molar-refractivity contribution in [3.05, 3.63) is 96.1 Å². The molecule has 0 aliphatic carbocycles. The number of benzene rings is 4. The number of para-hydroxylation sites is 4. The van der Waals surface area contributed by atoms with Crippen LogP contribution >= 0.6 is 0 Å². The fraction of sp³-hybridized carbons (Fsp3) is 0.219. The topological polar surface area (TPSA) is 152 Å². The molecule has 0 atom stereocenters. The number of anilines is 4. The molecule has 14 heteroatoms. The molecule has 1 aliphatic rings. The largest absolute Gasteiger partial charge is 0.495 e. The number of hydrogen-bond donors (Lipinski definition) is 3. The molecule has 0 saturated carbocycles. The van der Waals surface area contributed by atoms with Gasteiger partial charge in [-0.1, -0.05) is 30.3 Å². The predicted molar refractivity (Wildman–Crippen MR) is 176 cm³/mol. The van der Waals surface area contributed by atoms with Crippen LogP contribution in [0.1, 0.15) is 15.9 Å². The van der Waals surface area contributed by atoms with E-state index in [0.717, 1.165) is 0 Å². The van der Waals surface area contributed by atoms with Crippen molar-refractivity contribution < 1.29 is 35.8 Å². The van der Waals surface area contributed by atoms with E-state index in [1.165, 1.54) is 44.6 Å². The Hall–Kier alpha value is -4.79. The molecule has 3 N–H and O–H groups in total. The highest BCUT2D eigenvalue weighted by molar-refractivity contribution is 7.93. The first-order valence-corrected chi connectivity index (χ1v) is 17.2. The van der Waals surface area contributed by atoms with Crippen LogP contribution in [0.25, 0.3) is 0 Å². The average Bonchev–Trinajstić information content (AvgIpc) is 3.05. The first-order valence-electron chi connectivity index (χ1n) is 14.2. The molecule has 1 amide bonds. The van der Waals surface area contributed by atoms with Gasteiger partial charge in [0.2, 0.25) is 0 Å². The van der Waals surface area contributed by atoms with Gasteiger partial charge < -0.3 is 24.4 Å². The number of carbonyl (C=O) groups excluding carboxylic acids is 1. The van der Waals surface area contributed by atoms with Gasteiger partial charge in [-0.15, -0.1) is 0 Å². The summed E-state index contributed by atoms with van der Waals surface area (Å²) in [4.78, 5) is 15.5. The van der Waals surface area contributed by atoms with E-state index < -0.39 is 26.0 Å². The Balaban J connectivity index is 1.48. The molecular weight excluding hydrogens is 633 g/mol. The third-order valence-electron chi connectivity index (χ3n) is 7.34. The molecule has 12 nitrogen and oxygen atoms in total. The average molecular weight is 667 g/mol. The highest BCUT2D eigenvalue weighted by Crippen LogP contribution is 2.33. The zero-order valence-electron chi connectivity index (χ0n) is 25.4. The van der Waals surface area contributed by atoms with Crippen molar-refractivity contribution in [2.24, 2.45) is 0 Å². The monoisotopic (exact) mass is 666 g/mol. The van der Waals surface area contributed by atoms with Crippen LogP contribution in [-0.4, -0.2) is 63.3 Å². The fourth-order valence-electron chi connectivity index (χ4n) is 4.93. The molecule has 4 aromatic carbocycles. The van der Waals surface area contributed by atoms with Crippen LogP contribution in [-0.2, 0) is 24.8 Å². The maximum absolute atomic E-state index is 13.8. The number of rotatable bonds is 11. The van der Waals surface area contributed by atoms with Crippen LogP contribution in [0.3, 0.4) is 0 Å². The first-order chi connectivity index (χ1) is 22.0. The summed E-state index contributed by atoms with van der Waals surface area (Å²) in [5.41, 5.74) is 1.93. The maximum atomic E-state index is 13.8. The minimum atomic E-state index is -4.11. The summed E-state index contributed by atoms with van der Waals surface area (Å²) in [6.45, 7) is 3.65. The minimum Gasteiger partial charge on any atom is -0.495 e. The zero-order chi connectivity index (χ0) is 32.9. The molecule has 1 saturated heterocycles. The van der Waals surface area contributed by atoms with E-state index in [-0.39, 0.29) is 32.4 Å². The smallest absolute Gasteiger partial charge is 0.262 e. The minimum absolute atomic E-state index is 0.0937. The van der Waals surface area contributed by atoms with Crippen molar-refractivity contribution in [2.75, 3.05) is 60.2 Å². The quantitative estimate of drug-likeness (QED) is 0.207. The van der Waals surface area contributed by atoms with Crippen LogP contribution in [0.2, 0.25) is 0 Å². The lowest BCUT2D eigenvalue weighted by Gasteiger charge is -2.31. The Labute approximate surface area is 268 Å². The predicted octanol–water partition coefficient (Wildman–Crippen LogP) is 4.70. The zero-order valence-corrected chi connectivity index (χ0v) is 27.1. The van der Waals surface area contributed by atoms with Crippen LogP contribution in [0.5, 0.6) is 11.5 Å². The fourth-order valence-corrected chi connectivity index (χ4v) is 7.12. The number of morpholine rings is 1.